The number of unbranched alkanes of at least 4 members (excludes halogenated alkanes) is 2. The molecule has 0 heterocycles. The molecule has 0 radical (unpaired) electrons. The van der Waals surface area contributed by atoms with Gasteiger partial charge in [0.1, 0.15) is 0 Å². The lowest BCUT2D eigenvalue weighted by Gasteiger charge is -1.89. The first-order valence-electron chi connectivity index (χ1n) is 2.91. The monoisotopic (exact) mass is 131 g/mol. The fraction of sp³-hybridized carbons (Fsp3) is 0.667. The Morgan fingerprint density at radius 3 is 2.62 bits per heavy atom. The number of hydrogen-bond acceptors (Lipinski definition) is 2. The highest BCUT2D eigenvalue weighted by Gasteiger charge is 1.78. The largest absolute Gasteiger partial charge is 0.330 e. The van der Waals surface area contributed by atoms with E-state index in [0.717, 1.165) is 19.4 Å². The van der Waals surface area contributed by atoms with E-state index in [1.807, 2.05) is 6.08 Å². The molecular weight excluding hydrogens is 118 g/mol. The van der Waals surface area contributed by atoms with Crippen molar-refractivity contribution in [2.75, 3.05) is 6.54 Å². The number of hydrogen-bond donors (Lipinski definition) is 2. The second-order valence-electron chi connectivity index (χ2n) is 1.67. The van der Waals surface area contributed by atoms with Gasteiger partial charge in [0.05, 0.1) is 0 Å². The summed E-state index contributed by atoms with van der Waals surface area (Å²) in [5.74, 6) is 0. The molecule has 0 fully saturated rings. The Bertz CT molecular complexity index is 61.5. The SMILES string of the molecule is NCCCC/C=C/S. The van der Waals surface area contributed by atoms with Crippen molar-refractivity contribution in [1.29, 1.82) is 0 Å². The van der Waals surface area contributed by atoms with E-state index in [-0.39, 0.29) is 0 Å². The van der Waals surface area contributed by atoms with Gasteiger partial charge in [0, 0.05) is 0 Å². The molecule has 0 saturated carbocycles. The van der Waals surface area contributed by atoms with Crippen LogP contribution in [0.15, 0.2) is 11.5 Å². The van der Waals surface area contributed by atoms with Crippen LogP contribution in [-0.4, -0.2) is 6.54 Å². The third-order valence-corrected chi connectivity index (χ3v) is 1.14. The van der Waals surface area contributed by atoms with E-state index in [2.05, 4.69) is 12.6 Å². The molecule has 8 heavy (non-hydrogen) atoms. The minimum Gasteiger partial charge on any atom is -0.330 e. The zero-order valence-corrected chi connectivity index (χ0v) is 5.90. The van der Waals surface area contributed by atoms with Crippen LogP contribution >= 0.6 is 12.6 Å². The predicted octanol–water partition coefficient (Wildman–Crippen LogP) is 1.56. The summed E-state index contributed by atoms with van der Waals surface area (Å²) in [5, 5.41) is 1.77. The summed E-state index contributed by atoms with van der Waals surface area (Å²) in [5.41, 5.74) is 5.27. The molecule has 0 aliphatic rings. The molecule has 2 N–H and O–H groups in total. The molecule has 48 valence electrons. The second kappa shape index (κ2) is 7.05. The van der Waals surface area contributed by atoms with Crippen molar-refractivity contribution >= 4 is 12.6 Å². The maximum absolute atomic E-state index is 5.27. The summed E-state index contributed by atoms with van der Waals surface area (Å²) < 4.78 is 0. The van der Waals surface area contributed by atoms with Gasteiger partial charge in [-0.25, -0.2) is 0 Å². The highest BCUT2D eigenvalue weighted by molar-refractivity contribution is 7.83. The standard InChI is InChI=1S/C6H13NS/c7-5-3-1-2-4-6-8/h4,6,8H,1-3,5,7H2/b6-4+. The Kier molecular flexibility index (Phi) is 7.09. The van der Waals surface area contributed by atoms with Gasteiger partial charge < -0.3 is 5.73 Å². The Morgan fingerprint density at radius 1 is 1.38 bits per heavy atom. The van der Waals surface area contributed by atoms with E-state index in [9.17, 15) is 0 Å². The van der Waals surface area contributed by atoms with Crippen molar-refractivity contribution in [3.63, 3.8) is 0 Å². The van der Waals surface area contributed by atoms with E-state index < -0.39 is 0 Å². The van der Waals surface area contributed by atoms with Gasteiger partial charge >= 0.3 is 0 Å². The molecule has 0 aromatic rings. The van der Waals surface area contributed by atoms with E-state index >= 15 is 0 Å². The number of thiol groups is 1. The van der Waals surface area contributed by atoms with Gasteiger partial charge in [0.25, 0.3) is 0 Å². The van der Waals surface area contributed by atoms with Crippen LogP contribution in [0.25, 0.3) is 0 Å². The molecule has 0 aliphatic heterocycles. The first kappa shape index (κ1) is 8.05. The fourth-order valence-corrected chi connectivity index (χ4v) is 0.630. The Morgan fingerprint density at radius 2 is 2.12 bits per heavy atom. The molecule has 2 heteroatoms. The Hall–Kier alpha value is 0.0500. The average Bonchev–Trinajstić information content (AvgIpc) is 1.81. The minimum atomic E-state index is 0.806. The molecule has 0 saturated heterocycles. The van der Waals surface area contributed by atoms with Crippen molar-refractivity contribution < 1.29 is 0 Å². The van der Waals surface area contributed by atoms with Crippen molar-refractivity contribution in [1.82, 2.24) is 0 Å². The molecule has 0 aliphatic carbocycles. The normalized spacial score (nSPS) is 10.8. The van der Waals surface area contributed by atoms with E-state index in [1.54, 1.807) is 5.41 Å². The summed E-state index contributed by atoms with van der Waals surface area (Å²) in [6, 6.07) is 0. The summed E-state index contributed by atoms with van der Waals surface area (Å²) >= 11 is 3.91. The zero-order valence-electron chi connectivity index (χ0n) is 5.01. The first-order valence-corrected chi connectivity index (χ1v) is 3.42. The van der Waals surface area contributed by atoms with Gasteiger partial charge in [-0.3, -0.25) is 0 Å². The zero-order chi connectivity index (χ0) is 6.24. The lowest BCUT2D eigenvalue weighted by atomic mass is 10.2. The highest BCUT2D eigenvalue weighted by atomic mass is 32.1. The third-order valence-electron chi connectivity index (χ3n) is 0.930. The van der Waals surface area contributed by atoms with Gasteiger partial charge in [-0.2, -0.15) is 12.6 Å². The lowest BCUT2D eigenvalue weighted by molar-refractivity contribution is 0.759. The molecular formula is C6H13NS. The van der Waals surface area contributed by atoms with Crippen molar-refractivity contribution in [3.05, 3.63) is 11.5 Å². The van der Waals surface area contributed by atoms with E-state index in [1.165, 1.54) is 6.42 Å². The van der Waals surface area contributed by atoms with Crippen LogP contribution in [0.5, 0.6) is 0 Å². The molecule has 0 bridgehead atoms. The molecule has 0 unspecified atom stereocenters. The van der Waals surface area contributed by atoms with Crippen LogP contribution in [0.2, 0.25) is 0 Å². The van der Waals surface area contributed by atoms with Crippen LogP contribution in [0.4, 0.5) is 0 Å². The minimum absolute atomic E-state index is 0.806. The Labute approximate surface area is 56.4 Å². The molecule has 0 aromatic heterocycles. The van der Waals surface area contributed by atoms with Crippen molar-refractivity contribution in [3.8, 4) is 0 Å². The van der Waals surface area contributed by atoms with Gasteiger partial charge in [-0.15, -0.1) is 0 Å². The molecule has 0 atom stereocenters. The molecule has 1 nitrogen and oxygen atoms in total. The maximum Gasteiger partial charge on any atom is -0.00772 e. The molecule has 0 aromatic carbocycles. The van der Waals surface area contributed by atoms with Crippen LogP contribution < -0.4 is 5.73 Å². The van der Waals surface area contributed by atoms with Crippen LogP contribution in [0.1, 0.15) is 19.3 Å². The van der Waals surface area contributed by atoms with Crippen LogP contribution in [-0.2, 0) is 0 Å². The van der Waals surface area contributed by atoms with Crippen LogP contribution in [0, 0.1) is 0 Å². The molecule has 0 rings (SSSR count). The maximum atomic E-state index is 5.27. The van der Waals surface area contributed by atoms with Gasteiger partial charge in [-0.1, -0.05) is 6.08 Å². The highest BCUT2D eigenvalue weighted by Crippen LogP contribution is 1.94. The smallest absolute Gasteiger partial charge is 0.00772 e. The Balaban J connectivity index is 2.72. The quantitative estimate of drug-likeness (QED) is 0.439. The van der Waals surface area contributed by atoms with Crippen LogP contribution in [0.3, 0.4) is 0 Å². The predicted molar refractivity (Wildman–Crippen MR) is 41.0 cm³/mol. The summed E-state index contributed by atoms with van der Waals surface area (Å²) in [6.45, 7) is 0.806. The summed E-state index contributed by atoms with van der Waals surface area (Å²) in [6.07, 6.45) is 5.46. The average molecular weight is 131 g/mol. The fourth-order valence-electron chi connectivity index (χ4n) is 0.481. The first-order chi connectivity index (χ1) is 3.91. The topological polar surface area (TPSA) is 26.0 Å². The van der Waals surface area contributed by atoms with E-state index in [4.69, 9.17) is 5.73 Å². The van der Waals surface area contributed by atoms with E-state index in [0.29, 0.717) is 0 Å². The third kappa shape index (κ3) is 6.05. The summed E-state index contributed by atoms with van der Waals surface area (Å²) in [4.78, 5) is 0. The van der Waals surface area contributed by atoms with Gasteiger partial charge in [0.2, 0.25) is 0 Å². The number of allylic oxidation sites excluding steroid dienone is 1. The lowest BCUT2D eigenvalue weighted by Crippen LogP contribution is -1.96. The van der Waals surface area contributed by atoms with Crippen molar-refractivity contribution in [2.45, 2.75) is 19.3 Å². The van der Waals surface area contributed by atoms with Gasteiger partial charge in [0.15, 0.2) is 0 Å². The second-order valence-corrected chi connectivity index (χ2v) is 1.97. The molecule has 0 amide bonds. The van der Waals surface area contributed by atoms with Gasteiger partial charge in [-0.05, 0) is 31.2 Å². The number of rotatable bonds is 4. The van der Waals surface area contributed by atoms with Crippen molar-refractivity contribution in [2.24, 2.45) is 5.73 Å². The molecule has 0 spiro atoms. The number of nitrogens with two attached hydrogens (primary N) is 1. The summed E-state index contributed by atoms with van der Waals surface area (Å²) in [7, 11) is 0.